The minimum atomic E-state index is 0.0236. The van der Waals surface area contributed by atoms with Crippen LogP contribution in [0.15, 0.2) is 28.8 Å². The number of carbonyl (C=O) groups is 1. The van der Waals surface area contributed by atoms with Gasteiger partial charge in [0.05, 0.1) is 6.61 Å². The first-order valence-electron chi connectivity index (χ1n) is 8.39. The van der Waals surface area contributed by atoms with E-state index in [-0.39, 0.29) is 5.91 Å². The number of nitrogens with one attached hydrogen (secondary N) is 1. The molecular weight excluding hydrogens is 306 g/mol. The minimum Gasteiger partial charge on any atom is -0.377 e. The van der Waals surface area contributed by atoms with E-state index in [0.29, 0.717) is 44.1 Å². The Bertz CT molecular complexity index is 640. The molecule has 130 valence electrons. The van der Waals surface area contributed by atoms with Gasteiger partial charge in [0, 0.05) is 26.0 Å². The number of rotatable bonds is 10. The smallest absolute Gasteiger partial charge is 0.226 e. The molecule has 1 aromatic carbocycles. The first kappa shape index (κ1) is 18.1. The zero-order chi connectivity index (χ0) is 17.2. The molecule has 24 heavy (non-hydrogen) atoms. The van der Waals surface area contributed by atoms with E-state index in [9.17, 15) is 4.79 Å². The number of ether oxygens (including phenoxy) is 1. The molecule has 0 unspecified atom stereocenters. The molecule has 2 rings (SSSR count). The Morgan fingerprint density at radius 3 is 2.79 bits per heavy atom. The third-order valence-corrected chi connectivity index (χ3v) is 3.56. The highest BCUT2D eigenvalue weighted by Crippen LogP contribution is 2.10. The highest BCUT2D eigenvalue weighted by Gasteiger charge is 2.07. The van der Waals surface area contributed by atoms with Crippen LogP contribution in [-0.4, -0.2) is 22.7 Å². The van der Waals surface area contributed by atoms with Gasteiger partial charge in [-0.2, -0.15) is 4.98 Å². The van der Waals surface area contributed by atoms with Gasteiger partial charge >= 0.3 is 0 Å². The van der Waals surface area contributed by atoms with Crippen molar-refractivity contribution in [1.82, 2.24) is 15.5 Å². The third kappa shape index (κ3) is 6.12. The van der Waals surface area contributed by atoms with E-state index in [1.165, 1.54) is 0 Å². The van der Waals surface area contributed by atoms with Gasteiger partial charge in [-0.1, -0.05) is 36.3 Å². The first-order valence-corrected chi connectivity index (χ1v) is 8.39. The number of aromatic nitrogens is 2. The zero-order valence-electron chi connectivity index (χ0n) is 14.4. The predicted molar refractivity (Wildman–Crippen MR) is 90.2 cm³/mol. The molecule has 0 aliphatic rings. The van der Waals surface area contributed by atoms with Crippen molar-refractivity contribution in [3.63, 3.8) is 0 Å². The van der Waals surface area contributed by atoms with Crippen molar-refractivity contribution < 1.29 is 14.1 Å². The Labute approximate surface area is 142 Å². The molecule has 2 aromatic rings. The average Bonchev–Trinajstić information content (AvgIpc) is 2.99. The molecule has 1 aromatic heterocycles. The van der Waals surface area contributed by atoms with Crippen LogP contribution in [0.2, 0.25) is 0 Å². The maximum absolute atomic E-state index is 12.0. The molecule has 1 N–H and O–H groups in total. The van der Waals surface area contributed by atoms with Crippen LogP contribution in [0.4, 0.5) is 0 Å². The Morgan fingerprint density at radius 1 is 1.29 bits per heavy atom. The molecular formula is C18H25N3O3. The Morgan fingerprint density at radius 2 is 2.08 bits per heavy atom. The number of aryl methyl sites for hydroxylation is 2. The highest BCUT2D eigenvalue weighted by molar-refractivity contribution is 5.75. The summed E-state index contributed by atoms with van der Waals surface area (Å²) in [5, 5.41) is 6.69. The lowest BCUT2D eigenvalue weighted by atomic mass is 10.1. The maximum atomic E-state index is 12.0. The molecule has 0 spiro atoms. The van der Waals surface area contributed by atoms with Crippen LogP contribution in [0.3, 0.4) is 0 Å². The molecule has 1 amide bonds. The number of hydrogen-bond acceptors (Lipinski definition) is 5. The molecule has 6 nitrogen and oxygen atoms in total. The van der Waals surface area contributed by atoms with Gasteiger partial charge in [0.2, 0.25) is 11.8 Å². The number of amides is 1. The van der Waals surface area contributed by atoms with Gasteiger partial charge in [-0.25, -0.2) is 0 Å². The second kappa shape index (κ2) is 9.82. The summed E-state index contributed by atoms with van der Waals surface area (Å²) in [7, 11) is 0. The lowest BCUT2D eigenvalue weighted by molar-refractivity contribution is -0.121. The number of benzene rings is 1. The van der Waals surface area contributed by atoms with Crippen LogP contribution in [-0.2, 0) is 29.1 Å². The van der Waals surface area contributed by atoms with Crippen molar-refractivity contribution >= 4 is 5.91 Å². The van der Waals surface area contributed by atoms with E-state index >= 15 is 0 Å². The molecule has 6 heteroatoms. The van der Waals surface area contributed by atoms with Crippen molar-refractivity contribution in [1.29, 1.82) is 0 Å². The summed E-state index contributed by atoms with van der Waals surface area (Å²) in [4.78, 5) is 16.1. The lowest BCUT2D eigenvalue weighted by Gasteiger charge is -2.11. The molecule has 0 saturated heterocycles. The van der Waals surface area contributed by atoms with Crippen LogP contribution >= 0.6 is 0 Å². The van der Waals surface area contributed by atoms with E-state index in [4.69, 9.17) is 9.26 Å². The van der Waals surface area contributed by atoms with Crippen molar-refractivity contribution in [3.8, 4) is 0 Å². The SMILES string of the molecule is CCCOCc1ccccc1CNC(=O)CCCc1nc(C)no1. The summed E-state index contributed by atoms with van der Waals surface area (Å²) in [6.07, 6.45) is 2.75. The maximum Gasteiger partial charge on any atom is 0.226 e. The predicted octanol–water partition coefficient (Wildman–Crippen LogP) is 2.94. The quantitative estimate of drug-likeness (QED) is 0.677. The Hall–Kier alpha value is -2.21. The summed E-state index contributed by atoms with van der Waals surface area (Å²) in [5.41, 5.74) is 2.21. The van der Waals surface area contributed by atoms with Crippen LogP contribution in [0.5, 0.6) is 0 Å². The van der Waals surface area contributed by atoms with E-state index < -0.39 is 0 Å². The molecule has 0 fully saturated rings. The fourth-order valence-electron chi connectivity index (χ4n) is 2.32. The second-order valence-corrected chi connectivity index (χ2v) is 5.69. The van der Waals surface area contributed by atoms with Crippen LogP contribution in [0.25, 0.3) is 0 Å². The molecule has 0 bridgehead atoms. The Kier molecular flexibility index (Phi) is 7.42. The molecule has 0 saturated carbocycles. The summed E-state index contributed by atoms with van der Waals surface area (Å²) in [6.45, 7) is 5.71. The molecule has 0 aliphatic carbocycles. The lowest BCUT2D eigenvalue weighted by Crippen LogP contribution is -2.23. The van der Waals surface area contributed by atoms with Crippen molar-refractivity contribution in [2.75, 3.05) is 6.61 Å². The van der Waals surface area contributed by atoms with Gasteiger partial charge in [-0.3, -0.25) is 4.79 Å². The van der Waals surface area contributed by atoms with Crippen LogP contribution in [0, 0.1) is 6.92 Å². The van der Waals surface area contributed by atoms with E-state index in [1.807, 2.05) is 24.3 Å². The van der Waals surface area contributed by atoms with E-state index in [1.54, 1.807) is 6.92 Å². The standard InChI is InChI=1S/C18H25N3O3/c1-3-11-23-13-16-8-5-4-7-15(16)12-19-17(22)9-6-10-18-20-14(2)21-24-18/h4-5,7-8H,3,6,9-13H2,1-2H3,(H,19,22). The highest BCUT2D eigenvalue weighted by atomic mass is 16.5. The van der Waals surface area contributed by atoms with Crippen LogP contribution in [0.1, 0.15) is 49.0 Å². The van der Waals surface area contributed by atoms with E-state index in [0.717, 1.165) is 24.2 Å². The minimum absolute atomic E-state index is 0.0236. The molecule has 0 atom stereocenters. The van der Waals surface area contributed by atoms with E-state index in [2.05, 4.69) is 22.4 Å². The first-order chi connectivity index (χ1) is 11.7. The second-order valence-electron chi connectivity index (χ2n) is 5.69. The van der Waals surface area contributed by atoms with Crippen molar-refractivity contribution in [2.45, 2.75) is 52.7 Å². The van der Waals surface area contributed by atoms with Gasteiger partial charge in [-0.15, -0.1) is 0 Å². The summed E-state index contributed by atoms with van der Waals surface area (Å²) < 4.78 is 10.6. The zero-order valence-corrected chi connectivity index (χ0v) is 14.4. The van der Waals surface area contributed by atoms with Crippen molar-refractivity contribution in [2.24, 2.45) is 0 Å². The summed E-state index contributed by atoms with van der Waals surface area (Å²) >= 11 is 0. The number of carbonyl (C=O) groups excluding carboxylic acids is 1. The van der Waals surface area contributed by atoms with Gasteiger partial charge < -0.3 is 14.6 Å². The van der Waals surface area contributed by atoms with Gasteiger partial charge in [0.15, 0.2) is 5.82 Å². The fourth-order valence-corrected chi connectivity index (χ4v) is 2.32. The normalized spacial score (nSPS) is 10.8. The number of hydrogen-bond donors (Lipinski definition) is 1. The molecule has 0 radical (unpaired) electrons. The molecule has 1 heterocycles. The van der Waals surface area contributed by atoms with Gasteiger partial charge in [0.25, 0.3) is 0 Å². The van der Waals surface area contributed by atoms with Crippen LogP contribution < -0.4 is 5.32 Å². The average molecular weight is 331 g/mol. The van der Waals surface area contributed by atoms with Crippen molar-refractivity contribution in [3.05, 3.63) is 47.1 Å². The van der Waals surface area contributed by atoms with Gasteiger partial charge in [0.1, 0.15) is 0 Å². The Balaban J connectivity index is 1.73. The largest absolute Gasteiger partial charge is 0.377 e. The summed E-state index contributed by atoms with van der Waals surface area (Å²) in [6, 6.07) is 8.02. The third-order valence-electron chi connectivity index (χ3n) is 3.56. The summed E-state index contributed by atoms with van der Waals surface area (Å²) in [5.74, 6) is 1.23. The number of nitrogens with zero attached hydrogens (tertiary/aromatic N) is 2. The molecule has 0 aliphatic heterocycles. The monoisotopic (exact) mass is 331 g/mol. The fraction of sp³-hybridized carbons (Fsp3) is 0.500. The van der Waals surface area contributed by atoms with Gasteiger partial charge in [-0.05, 0) is 30.9 Å². The topological polar surface area (TPSA) is 77.2 Å².